The van der Waals surface area contributed by atoms with Gasteiger partial charge in [-0.05, 0) is 42.2 Å². The number of hydrogen-bond donors (Lipinski definition) is 2. The second-order valence-corrected chi connectivity index (χ2v) is 7.07. The van der Waals surface area contributed by atoms with E-state index in [2.05, 4.69) is 51.3 Å². The average Bonchev–Trinajstić information content (AvgIpc) is 3.09. The minimum Gasteiger partial charge on any atom is -0.356 e. The van der Waals surface area contributed by atoms with Gasteiger partial charge in [-0.25, -0.2) is 4.98 Å². The number of rotatable bonds is 5. The number of guanidine groups is 1. The minimum absolute atomic E-state index is 0. The molecule has 0 aliphatic carbocycles. The number of aliphatic imine (C=N–C) groups is 1. The summed E-state index contributed by atoms with van der Waals surface area (Å²) in [6.45, 7) is 7.95. The molecule has 0 aliphatic rings. The van der Waals surface area contributed by atoms with Crippen molar-refractivity contribution in [2.75, 3.05) is 13.6 Å². The van der Waals surface area contributed by atoms with Gasteiger partial charge in [-0.2, -0.15) is 11.3 Å². The van der Waals surface area contributed by atoms with Crippen molar-refractivity contribution < 1.29 is 0 Å². The molecular formula is C15H23IN4S2. The first-order valence-electron chi connectivity index (χ1n) is 6.99. The Kier molecular flexibility index (Phi) is 8.34. The van der Waals surface area contributed by atoms with Gasteiger partial charge in [0.2, 0.25) is 0 Å². The molecule has 2 aromatic heterocycles. The van der Waals surface area contributed by atoms with E-state index in [9.17, 15) is 0 Å². The van der Waals surface area contributed by atoms with E-state index in [0.717, 1.165) is 29.8 Å². The van der Waals surface area contributed by atoms with E-state index in [1.807, 2.05) is 6.92 Å². The van der Waals surface area contributed by atoms with E-state index in [4.69, 9.17) is 0 Å². The van der Waals surface area contributed by atoms with Crippen LogP contribution < -0.4 is 10.6 Å². The Labute approximate surface area is 157 Å². The minimum atomic E-state index is 0. The second kappa shape index (κ2) is 9.46. The van der Waals surface area contributed by atoms with Gasteiger partial charge in [0, 0.05) is 18.5 Å². The van der Waals surface area contributed by atoms with Crippen LogP contribution in [0.1, 0.15) is 34.0 Å². The van der Waals surface area contributed by atoms with E-state index in [0.29, 0.717) is 5.92 Å². The van der Waals surface area contributed by atoms with Crippen molar-refractivity contribution >= 4 is 52.6 Å². The van der Waals surface area contributed by atoms with E-state index in [-0.39, 0.29) is 24.0 Å². The number of nitrogens with one attached hydrogen (secondary N) is 2. The fourth-order valence-electron chi connectivity index (χ4n) is 2.05. The van der Waals surface area contributed by atoms with Crippen molar-refractivity contribution in [1.29, 1.82) is 0 Å². The van der Waals surface area contributed by atoms with E-state index in [1.165, 1.54) is 10.4 Å². The summed E-state index contributed by atoms with van der Waals surface area (Å²) in [5.41, 5.74) is 2.48. The zero-order valence-electron chi connectivity index (χ0n) is 13.3. The van der Waals surface area contributed by atoms with Crippen molar-refractivity contribution in [3.05, 3.63) is 38.0 Å². The Balaban J connectivity index is 0.00000242. The molecule has 2 aromatic rings. The van der Waals surface area contributed by atoms with E-state index in [1.54, 1.807) is 29.7 Å². The van der Waals surface area contributed by atoms with Crippen molar-refractivity contribution in [3.8, 4) is 0 Å². The van der Waals surface area contributed by atoms with Gasteiger partial charge in [0.05, 0.1) is 17.2 Å². The van der Waals surface area contributed by atoms with Crippen LogP contribution in [-0.4, -0.2) is 24.5 Å². The molecule has 0 aromatic carbocycles. The van der Waals surface area contributed by atoms with Crippen LogP contribution in [0.4, 0.5) is 0 Å². The summed E-state index contributed by atoms with van der Waals surface area (Å²) >= 11 is 3.47. The van der Waals surface area contributed by atoms with Gasteiger partial charge in [0.1, 0.15) is 0 Å². The van der Waals surface area contributed by atoms with Gasteiger partial charge in [0.15, 0.2) is 5.96 Å². The smallest absolute Gasteiger partial charge is 0.191 e. The molecule has 22 heavy (non-hydrogen) atoms. The van der Waals surface area contributed by atoms with Crippen molar-refractivity contribution in [3.63, 3.8) is 0 Å². The van der Waals surface area contributed by atoms with Crippen LogP contribution in [0.25, 0.3) is 0 Å². The lowest BCUT2D eigenvalue weighted by Crippen LogP contribution is -2.38. The van der Waals surface area contributed by atoms with Gasteiger partial charge >= 0.3 is 0 Å². The molecule has 0 saturated heterocycles. The standard InChI is InChI=1S/C15H22N4S2.HI/c1-10(13-5-6-20-9-13)7-17-15(16-4)18-8-14-11(2)19-12(3)21-14;/h5-6,9-10H,7-8H2,1-4H3,(H2,16,17,18);1H. The van der Waals surface area contributed by atoms with Crippen LogP contribution in [-0.2, 0) is 6.54 Å². The highest BCUT2D eigenvalue weighted by molar-refractivity contribution is 14.0. The first-order valence-corrected chi connectivity index (χ1v) is 8.75. The topological polar surface area (TPSA) is 49.3 Å². The lowest BCUT2D eigenvalue weighted by Gasteiger charge is -2.15. The summed E-state index contributed by atoms with van der Waals surface area (Å²) in [5, 5.41) is 12.2. The molecule has 0 fully saturated rings. The molecule has 0 radical (unpaired) electrons. The lowest BCUT2D eigenvalue weighted by atomic mass is 10.1. The molecule has 2 rings (SSSR count). The zero-order valence-corrected chi connectivity index (χ0v) is 17.3. The van der Waals surface area contributed by atoms with Crippen molar-refractivity contribution in [2.45, 2.75) is 33.2 Å². The van der Waals surface area contributed by atoms with Gasteiger partial charge in [-0.3, -0.25) is 4.99 Å². The summed E-state index contributed by atoms with van der Waals surface area (Å²) < 4.78 is 0. The Morgan fingerprint density at radius 3 is 2.68 bits per heavy atom. The third kappa shape index (κ3) is 5.51. The number of halogens is 1. The highest BCUT2D eigenvalue weighted by Crippen LogP contribution is 2.17. The van der Waals surface area contributed by atoms with Crippen molar-refractivity contribution in [1.82, 2.24) is 15.6 Å². The molecule has 0 amide bonds. The van der Waals surface area contributed by atoms with Crippen LogP contribution in [0, 0.1) is 13.8 Å². The average molecular weight is 450 g/mol. The van der Waals surface area contributed by atoms with E-state index < -0.39 is 0 Å². The molecular weight excluding hydrogens is 427 g/mol. The van der Waals surface area contributed by atoms with Crippen molar-refractivity contribution in [2.24, 2.45) is 4.99 Å². The maximum atomic E-state index is 4.44. The maximum absolute atomic E-state index is 4.44. The quantitative estimate of drug-likeness (QED) is 0.413. The monoisotopic (exact) mass is 450 g/mol. The molecule has 1 atom stereocenters. The Morgan fingerprint density at radius 1 is 1.36 bits per heavy atom. The van der Waals surface area contributed by atoms with Crippen LogP contribution in [0.5, 0.6) is 0 Å². The van der Waals surface area contributed by atoms with Gasteiger partial charge in [-0.15, -0.1) is 35.3 Å². The predicted octanol–water partition coefficient (Wildman–Crippen LogP) is 3.91. The number of hydrogen-bond acceptors (Lipinski definition) is 4. The molecule has 1 unspecified atom stereocenters. The van der Waals surface area contributed by atoms with Crippen LogP contribution in [0.15, 0.2) is 21.8 Å². The molecule has 0 aliphatic heterocycles. The first-order chi connectivity index (χ1) is 10.1. The highest BCUT2D eigenvalue weighted by Gasteiger charge is 2.08. The largest absolute Gasteiger partial charge is 0.356 e. The first kappa shape index (κ1) is 19.4. The number of aromatic nitrogens is 1. The van der Waals surface area contributed by atoms with Crippen LogP contribution in [0.2, 0.25) is 0 Å². The third-order valence-corrected chi connectivity index (χ3v) is 5.10. The Morgan fingerprint density at radius 2 is 2.14 bits per heavy atom. The van der Waals surface area contributed by atoms with Crippen LogP contribution >= 0.6 is 46.7 Å². The second-order valence-electron chi connectivity index (χ2n) is 5.01. The molecule has 2 N–H and O–H groups in total. The maximum Gasteiger partial charge on any atom is 0.191 e. The SMILES string of the molecule is CN=C(NCc1sc(C)nc1C)NCC(C)c1ccsc1.I. The lowest BCUT2D eigenvalue weighted by molar-refractivity contribution is 0.701. The zero-order chi connectivity index (χ0) is 15.2. The summed E-state index contributed by atoms with van der Waals surface area (Å²) in [6.07, 6.45) is 0. The molecule has 7 heteroatoms. The van der Waals surface area contributed by atoms with Gasteiger partial charge in [-0.1, -0.05) is 6.92 Å². The molecule has 0 spiro atoms. The molecule has 0 bridgehead atoms. The molecule has 4 nitrogen and oxygen atoms in total. The number of aryl methyl sites for hydroxylation is 2. The molecule has 122 valence electrons. The molecule has 2 heterocycles. The number of thiophene rings is 1. The Bertz CT molecular complexity index is 593. The summed E-state index contributed by atoms with van der Waals surface area (Å²) in [5.74, 6) is 1.31. The fourth-order valence-corrected chi connectivity index (χ4v) is 3.70. The van der Waals surface area contributed by atoms with Gasteiger partial charge < -0.3 is 10.6 Å². The summed E-state index contributed by atoms with van der Waals surface area (Å²) in [7, 11) is 1.80. The summed E-state index contributed by atoms with van der Waals surface area (Å²) in [6, 6.07) is 2.18. The van der Waals surface area contributed by atoms with Crippen LogP contribution in [0.3, 0.4) is 0 Å². The summed E-state index contributed by atoms with van der Waals surface area (Å²) in [4.78, 5) is 9.98. The normalized spacial score (nSPS) is 12.6. The van der Waals surface area contributed by atoms with E-state index >= 15 is 0 Å². The number of nitrogens with zero attached hydrogens (tertiary/aromatic N) is 2. The highest BCUT2D eigenvalue weighted by atomic mass is 127. The Hall–Kier alpha value is -0.670. The fraction of sp³-hybridized carbons (Fsp3) is 0.467. The number of thiazole rings is 1. The predicted molar refractivity (Wildman–Crippen MR) is 108 cm³/mol. The van der Waals surface area contributed by atoms with Gasteiger partial charge in [0.25, 0.3) is 0 Å². The third-order valence-electron chi connectivity index (χ3n) is 3.33. The molecule has 0 saturated carbocycles.